The Morgan fingerprint density at radius 1 is 1.27 bits per heavy atom. The summed E-state index contributed by atoms with van der Waals surface area (Å²) in [5.41, 5.74) is 2.02. The molecule has 26 heavy (non-hydrogen) atoms. The number of carbonyl (C=O) groups is 1. The molecule has 2 aliphatic rings. The maximum atomic E-state index is 11.8. The van der Waals surface area contributed by atoms with E-state index in [2.05, 4.69) is 0 Å². The Balaban J connectivity index is 1.57. The lowest BCUT2D eigenvalue weighted by Gasteiger charge is -2.21. The van der Waals surface area contributed by atoms with Crippen LogP contribution in [0.25, 0.3) is 0 Å². The van der Waals surface area contributed by atoms with Crippen molar-refractivity contribution in [2.75, 3.05) is 13.7 Å². The second-order valence-electron chi connectivity index (χ2n) is 6.29. The minimum Gasteiger partial charge on any atom is -0.494 e. The zero-order valence-corrected chi connectivity index (χ0v) is 15.4. The first kappa shape index (κ1) is 18.1. The van der Waals surface area contributed by atoms with Gasteiger partial charge in [-0.25, -0.2) is 0 Å². The van der Waals surface area contributed by atoms with Crippen LogP contribution in [0, 0.1) is 11.8 Å². The summed E-state index contributed by atoms with van der Waals surface area (Å²) in [5, 5.41) is 0. The van der Waals surface area contributed by atoms with E-state index in [1.807, 2.05) is 50.3 Å². The molecule has 2 atom stereocenters. The Morgan fingerprint density at radius 2 is 2.04 bits per heavy atom. The van der Waals surface area contributed by atoms with Gasteiger partial charge < -0.3 is 18.9 Å². The van der Waals surface area contributed by atoms with E-state index in [9.17, 15) is 4.79 Å². The van der Waals surface area contributed by atoms with Crippen LogP contribution in [0.2, 0.25) is 0 Å². The molecule has 2 unspecified atom stereocenters. The Bertz CT molecular complexity index is 742. The van der Waals surface area contributed by atoms with Gasteiger partial charge in [-0.15, -0.1) is 0 Å². The van der Waals surface area contributed by atoms with Gasteiger partial charge in [-0.3, -0.25) is 4.79 Å². The average Bonchev–Trinajstić information content (AvgIpc) is 3.09. The topological polar surface area (TPSA) is 54.0 Å². The highest BCUT2D eigenvalue weighted by Crippen LogP contribution is 2.40. The first-order valence-electron chi connectivity index (χ1n) is 8.83. The van der Waals surface area contributed by atoms with Crippen molar-refractivity contribution >= 4 is 5.97 Å². The zero-order valence-electron chi connectivity index (χ0n) is 15.4. The summed E-state index contributed by atoms with van der Waals surface area (Å²) >= 11 is 0. The Labute approximate surface area is 153 Å². The second kappa shape index (κ2) is 8.13. The highest BCUT2D eigenvalue weighted by Gasteiger charge is 2.34. The van der Waals surface area contributed by atoms with Gasteiger partial charge in [0.25, 0.3) is 0 Å². The van der Waals surface area contributed by atoms with Gasteiger partial charge in [-0.2, -0.15) is 0 Å². The van der Waals surface area contributed by atoms with Crippen molar-refractivity contribution in [2.45, 2.75) is 26.9 Å². The summed E-state index contributed by atoms with van der Waals surface area (Å²) in [5.74, 6) is 1.99. The molecule has 0 amide bonds. The average molecular weight is 356 g/mol. The molecule has 1 aromatic rings. The molecule has 0 spiro atoms. The molecule has 1 heterocycles. The number of hydrogen-bond acceptors (Lipinski definition) is 5. The van der Waals surface area contributed by atoms with Gasteiger partial charge in [0.1, 0.15) is 23.9 Å². The SMILES string of the molecule is CCOc1ccc(COC2=CCC3C(=C2)OC=C3C(C)C(=O)OC)cc1. The summed E-state index contributed by atoms with van der Waals surface area (Å²) in [6.45, 7) is 4.93. The normalized spacial score (nSPS) is 19.3. The van der Waals surface area contributed by atoms with Gasteiger partial charge in [0.2, 0.25) is 0 Å². The first-order valence-corrected chi connectivity index (χ1v) is 8.83. The van der Waals surface area contributed by atoms with Gasteiger partial charge in [0.15, 0.2) is 0 Å². The largest absolute Gasteiger partial charge is 0.494 e. The van der Waals surface area contributed by atoms with E-state index in [1.165, 1.54) is 7.11 Å². The number of fused-ring (bicyclic) bond motifs is 1. The van der Waals surface area contributed by atoms with Gasteiger partial charge in [-0.1, -0.05) is 12.1 Å². The van der Waals surface area contributed by atoms with Crippen LogP contribution in [0.5, 0.6) is 5.75 Å². The number of allylic oxidation sites excluding steroid dienone is 3. The fourth-order valence-corrected chi connectivity index (χ4v) is 3.12. The number of ether oxygens (including phenoxy) is 4. The van der Waals surface area contributed by atoms with Crippen molar-refractivity contribution in [3.8, 4) is 5.75 Å². The smallest absolute Gasteiger partial charge is 0.312 e. The number of esters is 1. The molecular weight excluding hydrogens is 332 g/mol. The molecule has 138 valence electrons. The van der Waals surface area contributed by atoms with Crippen LogP contribution >= 0.6 is 0 Å². The fourth-order valence-electron chi connectivity index (χ4n) is 3.12. The Morgan fingerprint density at radius 3 is 2.73 bits per heavy atom. The third kappa shape index (κ3) is 3.93. The van der Waals surface area contributed by atoms with Gasteiger partial charge in [0, 0.05) is 12.0 Å². The van der Waals surface area contributed by atoms with Crippen molar-refractivity contribution in [1.29, 1.82) is 0 Å². The summed E-state index contributed by atoms with van der Waals surface area (Å²) in [7, 11) is 1.40. The molecule has 1 aliphatic heterocycles. The quantitative estimate of drug-likeness (QED) is 0.688. The van der Waals surface area contributed by atoms with Crippen molar-refractivity contribution < 1.29 is 23.7 Å². The lowest BCUT2D eigenvalue weighted by molar-refractivity contribution is -0.143. The summed E-state index contributed by atoms with van der Waals surface area (Å²) in [4.78, 5) is 11.8. The van der Waals surface area contributed by atoms with Crippen LogP contribution in [0.1, 0.15) is 25.8 Å². The fraction of sp³-hybridized carbons (Fsp3) is 0.381. The van der Waals surface area contributed by atoms with E-state index >= 15 is 0 Å². The molecular formula is C21H24O5. The van der Waals surface area contributed by atoms with Crippen molar-refractivity contribution in [3.63, 3.8) is 0 Å². The third-order valence-electron chi connectivity index (χ3n) is 4.61. The number of rotatable bonds is 7. The van der Waals surface area contributed by atoms with Crippen LogP contribution in [0.4, 0.5) is 0 Å². The molecule has 0 radical (unpaired) electrons. The van der Waals surface area contributed by atoms with E-state index < -0.39 is 0 Å². The number of carbonyl (C=O) groups excluding carboxylic acids is 1. The van der Waals surface area contributed by atoms with E-state index in [-0.39, 0.29) is 17.8 Å². The minimum absolute atomic E-state index is 0.0851. The van der Waals surface area contributed by atoms with Crippen LogP contribution in [-0.4, -0.2) is 19.7 Å². The lowest BCUT2D eigenvalue weighted by Crippen LogP contribution is -2.19. The third-order valence-corrected chi connectivity index (χ3v) is 4.61. The molecule has 3 rings (SSSR count). The van der Waals surface area contributed by atoms with Crippen LogP contribution in [0.15, 0.2) is 59.8 Å². The molecule has 0 saturated heterocycles. The molecule has 5 nitrogen and oxygen atoms in total. The highest BCUT2D eigenvalue weighted by molar-refractivity contribution is 5.75. The number of methoxy groups -OCH3 is 1. The minimum atomic E-state index is -0.310. The van der Waals surface area contributed by atoms with Crippen molar-refractivity contribution in [2.24, 2.45) is 11.8 Å². The maximum absolute atomic E-state index is 11.8. The zero-order chi connectivity index (χ0) is 18.5. The molecule has 0 saturated carbocycles. The van der Waals surface area contributed by atoms with Gasteiger partial charge >= 0.3 is 5.97 Å². The molecule has 1 aliphatic carbocycles. The summed E-state index contributed by atoms with van der Waals surface area (Å²) < 4.78 is 21.8. The Kier molecular flexibility index (Phi) is 5.66. The highest BCUT2D eigenvalue weighted by atomic mass is 16.5. The number of benzene rings is 1. The second-order valence-corrected chi connectivity index (χ2v) is 6.29. The summed E-state index contributed by atoms with van der Waals surface area (Å²) in [6.07, 6.45) is 6.35. The Hall–Kier alpha value is -2.69. The molecule has 0 fully saturated rings. The summed E-state index contributed by atoms with van der Waals surface area (Å²) in [6, 6.07) is 7.87. The van der Waals surface area contributed by atoms with Crippen LogP contribution in [0.3, 0.4) is 0 Å². The van der Waals surface area contributed by atoms with Crippen LogP contribution < -0.4 is 4.74 Å². The molecule has 0 N–H and O–H groups in total. The molecule has 0 bridgehead atoms. The monoisotopic (exact) mass is 356 g/mol. The maximum Gasteiger partial charge on any atom is 0.312 e. The van der Waals surface area contributed by atoms with E-state index in [0.717, 1.165) is 34.8 Å². The van der Waals surface area contributed by atoms with E-state index in [1.54, 1.807) is 6.26 Å². The predicted octanol–water partition coefficient (Wildman–Crippen LogP) is 4.11. The molecule has 1 aromatic carbocycles. The standard InChI is InChI=1S/C21H24O5/c1-4-24-16-7-5-15(6-8-16)12-25-17-9-10-18-19(13-26-20(18)11-17)14(2)21(22)23-3/h5-9,11,13-14,18H,4,10,12H2,1-3H3. The van der Waals surface area contributed by atoms with Crippen molar-refractivity contribution in [1.82, 2.24) is 0 Å². The first-order chi connectivity index (χ1) is 12.6. The predicted molar refractivity (Wildman–Crippen MR) is 97.0 cm³/mol. The van der Waals surface area contributed by atoms with Gasteiger partial charge in [-0.05, 0) is 49.6 Å². The lowest BCUT2D eigenvalue weighted by atomic mass is 9.85. The molecule has 5 heteroatoms. The van der Waals surface area contributed by atoms with Gasteiger partial charge in [0.05, 0.1) is 25.9 Å². The number of hydrogen-bond donors (Lipinski definition) is 0. The van der Waals surface area contributed by atoms with E-state index in [0.29, 0.717) is 13.2 Å². The van der Waals surface area contributed by atoms with Crippen LogP contribution in [-0.2, 0) is 25.6 Å². The van der Waals surface area contributed by atoms with Crippen molar-refractivity contribution in [3.05, 3.63) is 65.3 Å². The molecule has 0 aromatic heterocycles. The van der Waals surface area contributed by atoms with E-state index in [4.69, 9.17) is 18.9 Å².